The summed E-state index contributed by atoms with van der Waals surface area (Å²) >= 11 is 0. The van der Waals surface area contributed by atoms with Gasteiger partial charge in [-0.15, -0.1) is 0 Å². The molecule has 1 aromatic rings. The van der Waals surface area contributed by atoms with E-state index < -0.39 is 11.7 Å². The highest BCUT2D eigenvalue weighted by atomic mass is 16.3. The van der Waals surface area contributed by atoms with Crippen LogP contribution in [-0.2, 0) is 0 Å². The van der Waals surface area contributed by atoms with Crippen molar-refractivity contribution >= 4 is 0 Å². The van der Waals surface area contributed by atoms with Crippen LogP contribution in [0.1, 0.15) is 44.7 Å². The minimum absolute atomic E-state index is 0.100. The van der Waals surface area contributed by atoms with Crippen molar-refractivity contribution in [3.05, 3.63) is 30.1 Å². The fourth-order valence-electron chi connectivity index (χ4n) is 2.97. The van der Waals surface area contributed by atoms with Gasteiger partial charge in [0.15, 0.2) is 0 Å². The lowest BCUT2D eigenvalue weighted by Crippen LogP contribution is -2.51. The molecule has 0 radical (unpaired) electrons. The SMILES string of the molecule is CC[C@]1(O)[C@H](O)C[C@H](c2ccccn2)C[C@@H]1C. The van der Waals surface area contributed by atoms with E-state index in [-0.39, 0.29) is 11.8 Å². The van der Waals surface area contributed by atoms with Crippen LogP contribution in [0.3, 0.4) is 0 Å². The minimum atomic E-state index is -0.925. The quantitative estimate of drug-likeness (QED) is 0.825. The van der Waals surface area contributed by atoms with Gasteiger partial charge in [0, 0.05) is 17.8 Å². The molecule has 0 aliphatic heterocycles. The van der Waals surface area contributed by atoms with Crippen molar-refractivity contribution in [3.63, 3.8) is 0 Å². The molecule has 1 aliphatic rings. The summed E-state index contributed by atoms with van der Waals surface area (Å²) in [5.74, 6) is 0.358. The van der Waals surface area contributed by atoms with Gasteiger partial charge in [0.1, 0.15) is 0 Å². The molecule has 94 valence electrons. The Morgan fingerprint density at radius 2 is 2.18 bits per heavy atom. The molecule has 0 unspecified atom stereocenters. The fourth-order valence-corrected chi connectivity index (χ4v) is 2.97. The Labute approximate surface area is 103 Å². The van der Waals surface area contributed by atoms with Crippen molar-refractivity contribution in [2.45, 2.75) is 50.7 Å². The number of aliphatic hydroxyl groups excluding tert-OH is 1. The van der Waals surface area contributed by atoms with E-state index in [1.54, 1.807) is 6.20 Å². The molecule has 4 atom stereocenters. The number of hydrogen-bond donors (Lipinski definition) is 2. The molecule has 3 nitrogen and oxygen atoms in total. The molecular weight excluding hydrogens is 214 g/mol. The van der Waals surface area contributed by atoms with Crippen LogP contribution in [0.25, 0.3) is 0 Å². The van der Waals surface area contributed by atoms with Gasteiger partial charge in [-0.2, -0.15) is 0 Å². The topological polar surface area (TPSA) is 53.4 Å². The Kier molecular flexibility index (Phi) is 3.50. The van der Waals surface area contributed by atoms with Gasteiger partial charge in [0.25, 0.3) is 0 Å². The van der Waals surface area contributed by atoms with Crippen LogP contribution in [-0.4, -0.2) is 26.9 Å². The average molecular weight is 235 g/mol. The summed E-state index contributed by atoms with van der Waals surface area (Å²) in [6.45, 7) is 3.95. The summed E-state index contributed by atoms with van der Waals surface area (Å²) in [6, 6.07) is 5.87. The van der Waals surface area contributed by atoms with Crippen molar-refractivity contribution in [1.29, 1.82) is 0 Å². The monoisotopic (exact) mass is 235 g/mol. The zero-order chi connectivity index (χ0) is 12.5. The number of pyridine rings is 1. The number of nitrogens with zero attached hydrogens (tertiary/aromatic N) is 1. The first-order valence-electron chi connectivity index (χ1n) is 6.39. The summed E-state index contributed by atoms with van der Waals surface area (Å²) in [7, 11) is 0. The predicted molar refractivity (Wildman–Crippen MR) is 66.6 cm³/mol. The van der Waals surface area contributed by atoms with Crippen LogP contribution >= 0.6 is 0 Å². The lowest BCUT2D eigenvalue weighted by molar-refractivity contribution is -0.138. The van der Waals surface area contributed by atoms with E-state index in [0.717, 1.165) is 12.1 Å². The highest BCUT2D eigenvalue weighted by Crippen LogP contribution is 2.42. The van der Waals surface area contributed by atoms with Crippen LogP contribution in [0.5, 0.6) is 0 Å². The Balaban J connectivity index is 2.17. The molecule has 0 spiro atoms. The van der Waals surface area contributed by atoms with Gasteiger partial charge in [-0.1, -0.05) is 19.9 Å². The molecule has 1 aliphatic carbocycles. The van der Waals surface area contributed by atoms with Gasteiger partial charge in [0.2, 0.25) is 0 Å². The van der Waals surface area contributed by atoms with Crippen LogP contribution in [0.2, 0.25) is 0 Å². The Hall–Kier alpha value is -0.930. The van der Waals surface area contributed by atoms with E-state index in [1.807, 2.05) is 32.0 Å². The summed E-state index contributed by atoms with van der Waals surface area (Å²) < 4.78 is 0. The summed E-state index contributed by atoms with van der Waals surface area (Å²) in [5, 5.41) is 20.6. The summed E-state index contributed by atoms with van der Waals surface area (Å²) in [4.78, 5) is 4.35. The predicted octanol–water partition coefficient (Wildman–Crippen LogP) is 2.10. The molecule has 1 aromatic heterocycles. The van der Waals surface area contributed by atoms with E-state index in [9.17, 15) is 10.2 Å². The van der Waals surface area contributed by atoms with Crippen LogP contribution in [0, 0.1) is 5.92 Å². The smallest absolute Gasteiger partial charge is 0.0928 e. The van der Waals surface area contributed by atoms with Gasteiger partial charge in [-0.25, -0.2) is 0 Å². The average Bonchev–Trinajstić information content (AvgIpc) is 2.36. The van der Waals surface area contributed by atoms with Gasteiger partial charge >= 0.3 is 0 Å². The molecule has 0 amide bonds. The first-order chi connectivity index (χ1) is 8.08. The summed E-state index contributed by atoms with van der Waals surface area (Å²) in [5.41, 5.74) is 0.0993. The van der Waals surface area contributed by atoms with Crippen LogP contribution in [0.4, 0.5) is 0 Å². The maximum atomic E-state index is 10.4. The molecule has 0 saturated heterocycles. The van der Waals surface area contributed by atoms with Gasteiger partial charge in [0.05, 0.1) is 11.7 Å². The minimum Gasteiger partial charge on any atom is -0.390 e. The number of aromatic nitrogens is 1. The first kappa shape index (κ1) is 12.5. The Bertz CT molecular complexity index is 354. The third-order valence-corrected chi connectivity index (χ3v) is 4.25. The Morgan fingerprint density at radius 3 is 2.71 bits per heavy atom. The van der Waals surface area contributed by atoms with Crippen molar-refractivity contribution < 1.29 is 10.2 Å². The zero-order valence-corrected chi connectivity index (χ0v) is 10.5. The normalized spacial score (nSPS) is 38.0. The van der Waals surface area contributed by atoms with E-state index in [4.69, 9.17) is 0 Å². The molecule has 3 heteroatoms. The maximum absolute atomic E-state index is 10.4. The van der Waals surface area contributed by atoms with Crippen molar-refractivity contribution in [2.24, 2.45) is 5.92 Å². The standard InChI is InChI=1S/C14H21NO2/c1-3-14(17)10(2)8-11(9-13(14)16)12-6-4-5-7-15-12/h4-7,10-11,13,16-17H,3,8-9H2,1-2H3/t10-,11+,13+,14+/m0/s1. The van der Waals surface area contributed by atoms with Crippen molar-refractivity contribution in [1.82, 2.24) is 4.98 Å². The molecular formula is C14H21NO2. The van der Waals surface area contributed by atoms with E-state index in [0.29, 0.717) is 12.8 Å². The van der Waals surface area contributed by atoms with E-state index >= 15 is 0 Å². The lowest BCUT2D eigenvalue weighted by Gasteiger charge is -2.44. The summed E-state index contributed by atoms with van der Waals surface area (Å²) in [6.07, 6.45) is 3.23. The highest BCUT2D eigenvalue weighted by molar-refractivity contribution is 5.13. The second kappa shape index (κ2) is 4.75. The Morgan fingerprint density at radius 1 is 1.41 bits per heavy atom. The zero-order valence-electron chi connectivity index (χ0n) is 10.5. The van der Waals surface area contributed by atoms with Crippen LogP contribution < -0.4 is 0 Å². The molecule has 1 heterocycles. The molecule has 0 bridgehead atoms. The fraction of sp³-hybridized carbons (Fsp3) is 0.643. The number of hydrogen-bond acceptors (Lipinski definition) is 3. The first-order valence-corrected chi connectivity index (χ1v) is 6.39. The molecule has 17 heavy (non-hydrogen) atoms. The van der Waals surface area contributed by atoms with Crippen molar-refractivity contribution in [3.8, 4) is 0 Å². The van der Waals surface area contributed by atoms with E-state index in [2.05, 4.69) is 4.98 Å². The highest BCUT2D eigenvalue weighted by Gasteiger charge is 2.45. The van der Waals surface area contributed by atoms with Crippen LogP contribution in [0.15, 0.2) is 24.4 Å². The van der Waals surface area contributed by atoms with Gasteiger partial charge in [-0.3, -0.25) is 4.98 Å². The third kappa shape index (κ3) is 2.22. The van der Waals surface area contributed by atoms with Gasteiger partial charge < -0.3 is 10.2 Å². The lowest BCUT2D eigenvalue weighted by atomic mass is 9.68. The number of aliphatic hydroxyl groups is 2. The van der Waals surface area contributed by atoms with Crippen molar-refractivity contribution in [2.75, 3.05) is 0 Å². The largest absolute Gasteiger partial charge is 0.390 e. The molecule has 1 saturated carbocycles. The van der Waals surface area contributed by atoms with Gasteiger partial charge in [-0.05, 0) is 37.3 Å². The third-order valence-electron chi connectivity index (χ3n) is 4.25. The second-order valence-corrected chi connectivity index (χ2v) is 5.18. The molecule has 2 N–H and O–H groups in total. The number of rotatable bonds is 2. The maximum Gasteiger partial charge on any atom is 0.0928 e. The molecule has 2 rings (SSSR count). The molecule has 1 fully saturated rings. The second-order valence-electron chi connectivity index (χ2n) is 5.18. The molecule has 0 aromatic carbocycles. The van der Waals surface area contributed by atoms with E-state index in [1.165, 1.54) is 0 Å².